The van der Waals surface area contributed by atoms with E-state index in [0.717, 1.165) is 13.0 Å². The van der Waals surface area contributed by atoms with Crippen LogP contribution in [0.2, 0.25) is 0 Å². The van der Waals surface area contributed by atoms with Gasteiger partial charge in [-0.15, -0.1) is 0 Å². The largest absolute Gasteiger partial charge is 0.337 e. The Morgan fingerprint density at radius 2 is 1.90 bits per heavy atom. The predicted octanol–water partition coefficient (Wildman–Crippen LogP) is 2.68. The first kappa shape index (κ1) is 14.8. The van der Waals surface area contributed by atoms with Crippen LogP contribution in [0.3, 0.4) is 0 Å². The topological polar surface area (TPSA) is 46.3 Å². The zero-order chi connectivity index (χ0) is 14.8. The Morgan fingerprint density at radius 3 is 2.40 bits per heavy atom. The summed E-state index contributed by atoms with van der Waals surface area (Å²) in [5.74, 6) is 0.0564. The minimum atomic E-state index is -0.436. The summed E-state index contributed by atoms with van der Waals surface area (Å²) >= 11 is 0. The van der Waals surface area contributed by atoms with E-state index < -0.39 is 6.04 Å². The molecule has 1 aromatic carbocycles. The van der Waals surface area contributed by atoms with Crippen molar-refractivity contribution in [2.45, 2.75) is 33.2 Å². The third kappa shape index (κ3) is 3.28. The highest BCUT2D eigenvalue weighted by atomic mass is 16.2. The van der Waals surface area contributed by atoms with Gasteiger partial charge < -0.3 is 10.6 Å². The number of nitrogens with zero attached hydrogens (tertiary/aromatic N) is 1. The van der Waals surface area contributed by atoms with Gasteiger partial charge in [0.15, 0.2) is 0 Å². The fourth-order valence-electron chi connectivity index (χ4n) is 2.35. The molecule has 1 aromatic rings. The molecule has 0 fully saturated rings. The quantitative estimate of drug-likeness (QED) is 0.899. The van der Waals surface area contributed by atoms with Crippen molar-refractivity contribution in [3.8, 4) is 0 Å². The summed E-state index contributed by atoms with van der Waals surface area (Å²) in [6.07, 6.45) is 3.04. The molecule has 2 N–H and O–H groups in total. The molecular weight excluding hydrogens is 248 g/mol. The number of benzene rings is 1. The summed E-state index contributed by atoms with van der Waals surface area (Å²) in [4.78, 5) is 14.2. The number of hydrogen-bond acceptors (Lipinski definition) is 2. The normalized spacial score (nSPS) is 17.6. The third-order valence-electron chi connectivity index (χ3n) is 3.86. The molecule has 3 nitrogen and oxygen atoms in total. The fraction of sp³-hybridized carbons (Fsp3) is 0.471. The van der Waals surface area contributed by atoms with Crippen LogP contribution >= 0.6 is 0 Å². The van der Waals surface area contributed by atoms with Crippen molar-refractivity contribution in [2.75, 3.05) is 13.1 Å². The Balaban J connectivity index is 2.04. The van der Waals surface area contributed by atoms with Crippen LogP contribution < -0.4 is 5.73 Å². The number of amides is 1. The first-order chi connectivity index (χ1) is 9.39. The molecule has 1 heterocycles. The molecule has 0 saturated carbocycles. The van der Waals surface area contributed by atoms with Crippen LogP contribution in [-0.4, -0.2) is 29.9 Å². The first-order valence-corrected chi connectivity index (χ1v) is 7.18. The van der Waals surface area contributed by atoms with E-state index in [-0.39, 0.29) is 11.3 Å². The lowest BCUT2D eigenvalue weighted by molar-refractivity contribution is -0.134. The van der Waals surface area contributed by atoms with Crippen molar-refractivity contribution in [2.24, 2.45) is 11.1 Å². The van der Waals surface area contributed by atoms with E-state index in [0.29, 0.717) is 6.54 Å². The van der Waals surface area contributed by atoms with Gasteiger partial charge in [0.1, 0.15) is 0 Å². The number of rotatable bonds is 2. The molecule has 0 aliphatic carbocycles. The second kappa shape index (κ2) is 5.80. The van der Waals surface area contributed by atoms with E-state index >= 15 is 0 Å². The third-order valence-corrected chi connectivity index (χ3v) is 3.86. The van der Waals surface area contributed by atoms with Crippen molar-refractivity contribution in [3.05, 3.63) is 42.0 Å². The van der Waals surface area contributed by atoms with Crippen LogP contribution in [0.15, 0.2) is 36.4 Å². The second-order valence-corrected chi connectivity index (χ2v) is 6.47. The summed E-state index contributed by atoms with van der Waals surface area (Å²) in [5, 5.41) is 0. The molecule has 0 spiro atoms. The molecule has 0 bridgehead atoms. The minimum absolute atomic E-state index is 0.0564. The Kier molecular flexibility index (Phi) is 4.29. The van der Waals surface area contributed by atoms with Crippen molar-refractivity contribution < 1.29 is 4.79 Å². The summed E-state index contributed by atoms with van der Waals surface area (Å²) in [7, 11) is 0. The fourth-order valence-corrected chi connectivity index (χ4v) is 2.35. The highest BCUT2D eigenvalue weighted by Gasteiger charge is 2.31. The van der Waals surface area contributed by atoms with E-state index in [2.05, 4.69) is 18.2 Å². The van der Waals surface area contributed by atoms with Crippen molar-refractivity contribution in [3.63, 3.8) is 0 Å². The van der Waals surface area contributed by atoms with E-state index in [1.165, 1.54) is 11.1 Å². The Hall–Kier alpha value is -1.61. The van der Waals surface area contributed by atoms with Gasteiger partial charge in [0, 0.05) is 13.1 Å². The maximum absolute atomic E-state index is 12.4. The molecule has 1 aliphatic rings. The highest BCUT2D eigenvalue weighted by Crippen LogP contribution is 2.24. The average molecular weight is 272 g/mol. The van der Waals surface area contributed by atoms with E-state index in [1.54, 1.807) is 0 Å². The molecule has 3 heteroatoms. The maximum atomic E-state index is 12.4. The molecule has 0 saturated heterocycles. The lowest BCUT2D eigenvalue weighted by Crippen LogP contribution is -2.51. The van der Waals surface area contributed by atoms with Crippen LogP contribution in [0.25, 0.3) is 5.57 Å². The van der Waals surface area contributed by atoms with Crippen LogP contribution in [0.5, 0.6) is 0 Å². The molecule has 1 atom stereocenters. The van der Waals surface area contributed by atoms with Gasteiger partial charge in [-0.3, -0.25) is 4.79 Å². The highest BCUT2D eigenvalue weighted by molar-refractivity contribution is 5.83. The lowest BCUT2D eigenvalue weighted by atomic mass is 9.86. The molecule has 0 unspecified atom stereocenters. The van der Waals surface area contributed by atoms with Gasteiger partial charge in [0.25, 0.3) is 0 Å². The Bertz CT molecular complexity index is 499. The van der Waals surface area contributed by atoms with E-state index in [1.807, 2.05) is 43.9 Å². The molecule has 1 amide bonds. The van der Waals surface area contributed by atoms with E-state index in [9.17, 15) is 4.79 Å². The van der Waals surface area contributed by atoms with Crippen molar-refractivity contribution in [1.29, 1.82) is 0 Å². The number of hydrogen-bond donors (Lipinski definition) is 1. The molecule has 0 aromatic heterocycles. The first-order valence-electron chi connectivity index (χ1n) is 7.18. The van der Waals surface area contributed by atoms with Crippen molar-refractivity contribution in [1.82, 2.24) is 4.90 Å². The van der Waals surface area contributed by atoms with Crippen molar-refractivity contribution >= 4 is 11.5 Å². The number of nitrogens with two attached hydrogens (primary N) is 1. The molecule has 0 radical (unpaired) electrons. The van der Waals surface area contributed by atoms with Gasteiger partial charge in [-0.2, -0.15) is 0 Å². The number of carbonyl (C=O) groups excluding carboxylic acids is 1. The molecular formula is C17H24N2O. The molecule has 2 rings (SSSR count). The van der Waals surface area contributed by atoms with E-state index in [4.69, 9.17) is 5.73 Å². The van der Waals surface area contributed by atoms with Crippen LogP contribution in [-0.2, 0) is 4.79 Å². The summed E-state index contributed by atoms with van der Waals surface area (Å²) < 4.78 is 0. The van der Waals surface area contributed by atoms with Gasteiger partial charge >= 0.3 is 0 Å². The van der Waals surface area contributed by atoms with Crippen LogP contribution in [0, 0.1) is 5.41 Å². The maximum Gasteiger partial charge on any atom is 0.240 e. The predicted molar refractivity (Wildman–Crippen MR) is 83.0 cm³/mol. The number of carbonyl (C=O) groups is 1. The molecule has 108 valence electrons. The zero-order valence-corrected chi connectivity index (χ0v) is 12.6. The zero-order valence-electron chi connectivity index (χ0n) is 12.6. The van der Waals surface area contributed by atoms with Gasteiger partial charge in [-0.25, -0.2) is 0 Å². The second-order valence-electron chi connectivity index (χ2n) is 6.47. The van der Waals surface area contributed by atoms with Gasteiger partial charge in [-0.1, -0.05) is 57.2 Å². The Labute approximate surface area is 121 Å². The summed E-state index contributed by atoms with van der Waals surface area (Å²) in [6, 6.07) is 9.90. The smallest absolute Gasteiger partial charge is 0.240 e. The monoisotopic (exact) mass is 272 g/mol. The SMILES string of the molecule is CC(C)(C)[C@H](N)C(=O)N1CC=C(c2ccccc2)CC1. The summed E-state index contributed by atoms with van der Waals surface area (Å²) in [6.45, 7) is 7.43. The van der Waals surface area contributed by atoms with Gasteiger partial charge in [0.2, 0.25) is 5.91 Å². The van der Waals surface area contributed by atoms with Crippen LogP contribution in [0.4, 0.5) is 0 Å². The lowest BCUT2D eigenvalue weighted by Gasteiger charge is -2.33. The Morgan fingerprint density at radius 1 is 1.25 bits per heavy atom. The van der Waals surface area contributed by atoms with Crippen LogP contribution in [0.1, 0.15) is 32.8 Å². The van der Waals surface area contributed by atoms with Gasteiger partial charge in [-0.05, 0) is 23.0 Å². The molecule has 20 heavy (non-hydrogen) atoms. The standard InChI is InChI=1S/C17H24N2O/c1-17(2,3)15(18)16(20)19-11-9-14(10-12-19)13-7-5-4-6-8-13/h4-9,15H,10-12,18H2,1-3H3/t15-/m1/s1. The molecule has 1 aliphatic heterocycles. The van der Waals surface area contributed by atoms with Gasteiger partial charge in [0.05, 0.1) is 6.04 Å². The summed E-state index contributed by atoms with van der Waals surface area (Å²) in [5.41, 5.74) is 8.43. The average Bonchev–Trinajstić information content (AvgIpc) is 2.46. The minimum Gasteiger partial charge on any atom is -0.337 e.